The number of nitrogens with one attached hydrogen (secondary N) is 2. The van der Waals surface area contributed by atoms with Crippen molar-refractivity contribution in [3.63, 3.8) is 0 Å². The van der Waals surface area contributed by atoms with Crippen molar-refractivity contribution in [3.8, 4) is 0 Å². The number of aromatic nitrogens is 2. The number of imidazole rings is 1. The van der Waals surface area contributed by atoms with Crippen molar-refractivity contribution >= 4 is 28.3 Å². The van der Waals surface area contributed by atoms with Gasteiger partial charge >= 0.3 is 0 Å². The van der Waals surface area contributed by atoms with Gasteiger partial charge in [-0.15, -0.1) is 0 Å². The molecule has 0 unspecified atom stereocenters. The van der Waals surface area contributed by atoms with E-state index in [4.69, 9.17) is 4.84 Å². The zero-order chi connectivity index (χ0) is 20.3. The van der Waals surface area contributed by atoms with Gasteiger partial charge < -0.3 is 9.88 Å². The Hall–Kier alpha value is -3.33. The van der Waals surface area contributed by atoms with Crippen LogP contribution >= 0.6 is 0 Å². The molecule has 8 nitrogen and oxygen atoms in total. The Kier molecular flexibility index (Phi) is 5.65. The minimum atomic E-state index is -0.653. The first-order chi connectivity index (χ1) is 13.4. The summed E-state index contributed by atoms with van der Waals surface area (Å²) in [6.07, 6.45) is 1.47. The van der Waals surface area contributed by atoms with Crippen LogP contribution in [0.15, 0.2) is 35.8 Å². The van der Waals surface area contributed by atoms with Crippen molar-refractivity contribution < 1.29 is 14.0 Å². The van der Waals surface area contributed by atoms with Crippen LogP contribution in [0, 0.1) is 24.6 Å². The monoisotopic (exact) mass is 385 g/mol. The Morgan fingerprint density at radius 1 is 1.32 bits per heavy atom. The molecule has 0 aliphatic carbocycles. The van der Waals surface area contributed by atoms with Crippen molar-refractivity contribution in [2.75, 3.05) is 18.5 Å². The molecule has 146 valence electrons. The molecule has 2 aromatic carbocycles. The highest BCUT2D eigenvalue weighted by Gasteiger charge is 2.22. The maximum atomic E-state index is 15.2. The van der Waals surface area contributed by atoms with Crippen molar-refractivity contribution in [1.29, 1.82) is 0 Å². The molecule has 28 heavy (non-hydrogen) atoms. The van der Waals surface area contributed by atoms with Crippen LogP contribution in [0.5, 0.6) is 0 Å². The number of anilines is 2. The molecular weight excluding hydrogens is 365 g/mol. The van der Waals surface area contributed by atoms with Gasteiger partial charge in [-0.05, 0) is 31.5 Å². The molecular formula is C19H20FN5O3. The summed E-state index contributed by atoms with van der Waals surface area (Å²) >= 11 is 0. The number of aryl methyl sites for hydroxylation is 3. The van der Waals surface area contributed by atoms with Gasteiger partial charge in [-0.25, -0.2) is 14.9 Å². The third-order valence-electron chi connectivity index (χ3n) is 4.30. The van der Waals surface area contributed by atoms with Crippen LogP contribution in [0.25, 0.3) is 11.0 Å². The highest BCUT2D eigenvalue weighted by atomic mass is 19.1. The van der Waals surface area contributed by atoms with E-state index in [1.165, 1.54) is 12.4 Å². The predicted molar refractivity (Wildman–Crippen MR) is 104 cm³/mol. The smallest absolute Gasteiger partial charge is 0.277 e. The molecule has 0 atom stereocenters. The fraction of sp³-hybridized carbons (Fsp3) is 0.263. The van der Waals surface area contributed by atoms with Crippen LogP contribution in [-0.4, -0.2) is 28.6 Å². The fourth-order valence-corrected chi connectivity index (χ4v) is 2.87. The van der Waals surface area contributed by atoms with E-state index in [9.17, 15) is 9.70 Å². The van der Waals surface area contributed by atoms with E-state index in [0.717, 1.165) is 11.1 Å². The van der Waals surface area contributed by atoms with Crippen molar-refractivity contribution in [2.24, 2.45) is 12.2 Å². The second-order valence-corrected chi connectivity index (χ2v) is 6.41. The summed E-state index contributed by atoms with van der Waals surface area (Å²) in [5.74, 6) is -1.29. The van der Waals surface area contributed by atoms with E-state index in [1.54, 1.807) is 11.6 Å². The molecule has 2 N–H and O–H groups in total. The minimum absolute atomic E-state index is 0.00670. The Balaban J connectivity index is 2.04. The first kappa shape index (κ1) is 19.4. The topological polar surface area (TPSA) is 97.6 Å². The number of carbonyl (C=O) groups is 1. The number of benzene rings is 2. The molecule has 0 spiro atoms. The lowest BCUT2D eigenvalue weighted by molar-refractivity contribution is 0.0344. The number of carbonyl (C=O) groups excluding carboxylic acids is 1. The second-order valence-electron chi connectivity index (χ2n) is 6.41. The standard InChI is InChI=1S/C19H20FN5O3/c1-11-4-5-14(12(2)8-11)23-17-13(19(26)24-28-7-6-22-27)9-15-18(16(17)20)21-10-25(15)3/h4-5,8-10,23H,6-7H2,1-3H3,(H,24,26). The molecule has 9 heteroatoms. The van der Waals surface area contributed by atoms with Crippen LogP contribution in [-0.2, 0) is 11.9 Å². The Bertz CT molecular complexity index is 1050. The van der Waals surface area contributed by atoms with Gasteiger partial charge in [-0.1, -0.05) is 22.9 Å². The van der Waals surface area contributed by atoms with Gasteiger partial charge in [0.15, 0.2) is 5.82 Å². The van der Waals surface area contributed by atoms with Crippen LogP contribution in [0.1, 0.15) is 21.5 Å². The normalized spacial score (nSPS) is 10.9. The molecule has 0 aliphatic rings. The number of fused-ring (bicyclic) bond motifs is 1. The van der Waals surface area contributed by atoms with Crippen LogP contribution < -0.4 is 10.8 Å². The Morgan fingerprint density at radius 3 is 2.82 bits per heavy atom. The molecule has 0 saturated heterocycles. The number of hydrogen-bond donors (Lipinski definition) is 2. The third-order valence-corrected chi connectivity index (χ3v) is 4.30. The van der Waals surface area contributed by atoms with Gasteiger partial charge in [-0.2, -0.15) is 4.91 Å². The second kappa shape index (κ2) is 8.13. The van der Waals surface area contributed by atoms with E-state index in [-0.39, 0.29) is 29.9 Å². The molecule has 0 bridgehead atoms. The molecule has 3 rings (SSSR count). The number of hydrogen-bond acceptors (Lipinski definition) is 6. The number of halogens is 1. The summed E-state index contributed by atoms with van der Waals surface area (Å²) in [5, 5.41) is 5.66. The summed E-state index contributed by atoms with van der Waals surface area (Å²) in [6, 6.07) is 7.20. The lowest BCUT2D eigenvalue weighted by atomic mass is 10.1. The maximum absolute atomic E-state index is 15.2. The number of rotatable bonds is 7. The number of nitroso groups, excluding NO2 is 1. The van der Waals surface area contributed by atoms with E-state index in [1.807, 2.05) is 32.0 Å². The number of nitrogens with zero attached hydrogens (tertiary/aromatic N) is 3. The first-order valence-corrected chi connectivity index (χ1v) is 8.61. The number of hydroxylamine groups is 1. The van der Waals surface area contributed by atoms with Crippen molar-refractivity contribution in [1.82, 2.24) is 15.0 Å². The summed E-state index contributed by atoms with van der Waals surface area (Å²) in [6.45, 7) is 3.66. The highest BCUT2D eigenvalue weighted by molar-refractivity contribution is 6.04. The minimum Gasteiger partial charge on any atom is -0.352 e. The maximum Gasteiger partial charge on any atom is 0.277 e. The van der Waals surface area contributed by atoms with E-state index in [0.29, 0.717) is 11.2 Å². The Morgan fingerprint density at radius 2 is 2.11 bits per heavy atom. The molecule has 1 aromatic heterocycles. The van der Waals surface area contributed by atoms with Crippen molar-refractivity contribution in [3.05, 3.63) is 58.0 Å². The fourth-order valence-electron chi connectivity index (χ4n) is 2.87. The van der Waals surface area contributed by atoms with Crippen molar-refractivity contribution in [2.45, 2.75) is 13.8 Å². The molecule has 1 heterocycles. The first-order valence-electron chi connectivity index (χ1n) is 8.61. The summed E-state index contributed by atoms with van der Waals surface area (Å²) < 4.78 is 16.8. The van der Waals surface area contributed by atoms with E-state index < -0.39 is 11.7 Å². The van der Waals surface area contributed by atoms with Crippen LogP contribution in [0.3, 0.4) is 0 Å². The quantitative estimate of drug-likeness (QED) is 0.369. The van der Waals surface area contributed by atoms with Gasteiger partial charge in [0, 0.05) is 12.7 Å². The largest absolute Gasteiger partial charge is 0.352 e. The van der Waals surface area contributed by atoms with Gasteiger partial charge in [0.1, 0.15) is 12.1 Å². The van der Waals surface area contributed by atoms with Crippen LogP contribution in [0.2, 0.25) is 0 Å². The zero-order valence-electron chi connectivity index (χ0n) is 15.7. The SMILES string of the molecule is Cc1ccc(Nc2c(C(=O)NOCCN=O)cc3c(ncn3C)c2F)c(C)c1. The summed E-state index contributed by atoms with van der Waals surface area (Å²) in [4.78, 5) is 31.7. The zero-order valence-corrected chi connectivity index (χ0v) is 15.7. The molecule has 1 amide bonds. The Labute approximate surface area is 160 Å². The molecule has 0 radical (unpaired) electrons. The van der Waals surface area contributed by atoms with Crippen LogP contribution in [0.4, 0.5) is 15.8 Å². The predicted octanol–water partition coefficient (Wildman–Crippen LogP) is 3.50. The summed E-state index contributed by atoms with van der Waals surface area (Å²) in [5.41, 5.74) is 5.50. The van der Waals surface area contributed by atoms with Gasteiger partial charge in [0.2, 0.25) is 0 Å². The average Bonchev–Trinajstić information content (AvgIpc) is 3.03. The third kappa shape index (κ3) is 3.84. The summed E-state index contributed by atoms with van der Waals surface area (Å²) in [7, 11) is 1.71. The lowest BCUT2D eigenvalue weighted by Crippen LogP contribution is -2.26. The molecule has 0 fully saturated rings. The number of amides is 1. The highest BCUT2D eigenvalue weighted by Crippen LogP contribution is 2.31. The van der Waals surface area contributed by atoms with Gasteiger partial charge in [0.25, 0.3) is 5.91 Å². The van der Waals surface area contributed by atoms with Gasteiger partial charge in [0.05, 0.1) is 29.7 Å². The van der Waals surface area contributed by atoms with E-state index in [2.05, 4.69) is 21.0 Å². The van der Waals surface area contributed by atoms with Gasteiger partial charge in [-0.3, -0.25) is 9.63 Å². The molecule has 0 saturated carbocycles. The average molecular weight is 385 g/mol. The molecule has 3 aromatic rings. The van der Waals surface area contributed by atoms with E-state index >= 15 is 4.39 Å². The lowest BCUT2D eigenvalue weighted by Gasteiger charge is -2.16. The molecule has 0 aliphatic heterocycles.